The second-order valence-electron chi connectivity index (χ2n) is 7.20. The Morgan fingerprint density at radius 2 is 1.87 bits per heavy atom. The van der Waals surface area contributed by atoms with Crippen molar-refractivity contribution in [2.45, 2.75) is 44.5 Å². The molecule has 0 aliphatic carbocycles. The molecule has 1 fully saturated rings. The molecule has 1 aliphatic rings. The zero-order chi connectivity index (χ0) is 22.6. The minimum absolute atomic E-state index is 0.0831. The molecule has 0 radical (unpaired) electrons. The number of ether oxygens (including phenoxy) is 2. The van der Waals surface area contributed by atoms with E-state index in [2.05, 4.69) is 4.94 Å². The molecule has 3 unspecified atom stereocenters. The summed E-state index contributed by atoms with van der Waals surface area (Å²) in [6.45, 7) is 2.05. The average molecular weight is 457 g/mol. The molecule has 2 aromatic rings. The van der Waals surface area contributed by atoms with Crippen LogP contribution in [0.4, 0.5) is 4.53 Å². The normalized spacial score (nSPS) is 20.6. The Hall–Kier alpha value is -1.74. The van der Waals surface area contributed by atoms with Crippen molar-refractivity contribution in [3.63, 3.8) is 0 Å². The van der Waals surface area contributed by atoms with E-state index in [-0.39, 0.29) is 32.0 Å². The van der Waals surface area contributed by atoms with Crippen LogP contribution in [0.2, 0.25) is 5.02 Å². The fourth-order valence-corrected chi connectivity index (χ4v) is 3.56. The van der Waals surface area contributed by atoms with E-state index < -0.39 is 6.10 Å². The highest BCUT2D eigenvalue weighted by Gasteiger charge is 2.29. The molecule has 6 nitrogen and oxygen atoms in total. The first kappa shape index (κ1) is 25.5. The van der Waals surface area contributed by atoms with Crippen LogP contribution in [-0.4, -0.2) is 54.0 Å². The topological polar surface area (TPSA) is 88.4 Å². The van der Waals surface area contributed by atoms with E-state index in [1.807, 2.05) is 49.4 Å². The zero-order valence-electron chi connectivity index (χ0n) is 17.5. The number of benzene rings is 2. The lowest BCUT2D eigenvalue weighted by Gasteiger charge is -2.32. The number of aliphatic hydroxyl groups excluding tert-OH is 3. The quantitative estimate of drug-likeness (QED) is 0.560. The van der Waals surface area contributed by atoms with Crippen molar-refractivity contribution in [3.8, 4) is 5.75 Å². The molecule has 1 saturated heterocycles. The summed E-state index contributed by atoms with van der Waals surface area (Å²) in [4.78, 5) is 2.94. The summed E-state index contributed by atoms with van der Waals surface area (Å²) in [7, 11) is 0. The Bertz CT molecular complexity index is 771. The number of halogens is 2. The van der Waals surface area contributed by atoms with Crippen LogP contribution < -0.4 is 4.74 Å². The van der Waals surface area contributed by atoms with Gasteiger partial charge in [0.25, 0.3) is 0 Å². The molecule has 0 bridgehead atoms. The first-order valence-corrected chi connectivity index (χ1v) is 10.7. The van der Waals surface area contributed by atoms with E-state index in [0.29, 0.717) is 30.9 Å². The van der Waals surface area contributed by atoms with Gasteiger partial charge >= 0.3 is 0 Å². The number of aliphatic hydroxyl groups is 3. The van der Waals surface area contributed by atoms with Crippen LogP contribution >= 0.6 is 11.6 Å². The molecule has 3 atom stereocenters. The zero-order valence-corrected chi connectivity index (χ0v) is 18.3. The summed E-state index contributed by atoms with van der Waals surface area (Å²) < 4.78 is 21.7. The summed E-state index contributed by atoms with van der Waals surface area (Å²) in [5.41, 5.74) is 3.13. The number of rotatable bonds is 8. The van der Waals surface area contributed by atoms with Crippen LogP contribution in [0.5, 0.6) is 5.75 Å². The Morgan fingerprint density at radius 1 is 1.13 bits per heavy atom. The van der Waals surface area contributed by atoms with Gasteiger partial charge in [0, 0.05) is 17.9 Å². The molecular weight excluding hydrogens is 427 g/mol. The molecule has 0 saturated carbocycles. The van der Waals surface area contributed by atoms with E-state index in [0.717, 1.165) is 22.4 Å². The summed E-state index contributed by atoms with van der Waals surface area (Å²) in [6.07, 6.45) is 0.690. The van der Waals surface area contributed by atoms with Gasteiger partial charge in [-0.3, -0.25) is 0 Å². The fraction of sp³-hybridized carbons (Fsp3) is 0.478. The lowest BCUT2D eigenvalue weighted by Crippen LogP contribution is -2.33. The summed E-state index contributed by atoms with van der Waals surface area (Å²) >= 11 is 6.40. The Balaban J connectivity index is 0.000000614. The molecule has 31 heavy (non-hydrogen) atoms. The van der Waals surface area contributed by atoms with Crippen molar-refractivity contribution >= 4 is 11.6 Å². The smallest absolute Gasteiger partial charge is 0.119 e. The molecule has 8 heteroatoms. The van der Waals surface area contributed by atoms with Gasteiger partial charge in [-0.25, -0.2) is 0 Å². The predicted molar refractivity (Wildman–Crippen MR) is 116 cm³/mol. The van der Waals surface area contributed by atoms with E-state index in [1.54, 1.807) is 0 Å². The molecule has 3 N–H and O–H groups in total. The van der Waals surface area contributed by atoms with Gasteiger partial charge in [0.2, 0.25) is 0 Å². The van der Waals surface area contributed by atoms with Crippen molar-refractivity contribution in [1.29, 1.82) is 0 Å². The lowest BCUT2D eigenvalue weighted by molar-refractivity contribution is -0.140. The third-order valence-corrected chi connectivity index (χ3v) is 5.19. The van der Waals surface area contributed by atoms with Crippen LogP contribution in [-0.2, 0) is 16.1 Å². The van der Waals surface area contributed by atoms with E-state index in [1.165, 1.54) is 0 Å². The highest BCUT2D eigenvalue weighted by atomic mass is 35.5. The average Bonchev–Trinajstić information content (AvgIpc) is 2.77. The van der Waals surface area contributed by atoms with Gasteiger partial charge in [-0.15, -0.1) is 0 Å². The molecule has 0 aromatic heterocycles. The molecule has 172 valence electrons. The van der Waals surface area contributed by atoms with Crippen LogP contribution in [0.25, 0.3) is 0 Å². The van der Waals surface area contributed by atoms with E-state index in [9.17, 15) is 14.7 Å². The summed E-state index contributed by atoms with van der Waals surface area (Å²) in [5, 5.41) is 27.8. The van der Waals surface area contributed by atoms with Crippen LogP contribution in [0.3, 0.4) is 0 Å². The first-order valence-electron chi connectivity index (χ1n) is 10.3. The van der Waals surface area contributed by atoms with Crippen molar-refractivity contribution in [2.75, 3.05) is 26.4 Å². The van der Waals surface area contributed by atoms with Crippen molar-refractivity contribution in [3.05, 3.63) is 64.2 Å². The van der Waals surface area contributed by atoms with Crippen LogP contribution in [0.15, 0.2) is 42.5 Å². The molecular formula is C23H30ClFO6. The van der Waals surface area contributed by atoms with Crippen LogP contribution in [0, 0.1) is 0 Å². The van der Waals surface area contributed by atoms with Crippen LogP contribution in [0.1, 0.15) is 42.6 Å². The second kappa shape index (κ2) is 13.6. The van der Waals surface area contributed by atoms with Gasteiger partial charge in [0.05, 0.1) is 38.1 Å². The van der Waals surface area contributed by atoms with Crippen molar-refractivity contribution < 1.29 is 34.3 Å². The largest absolute Gasteiger partial charge is 0.494 e. The maximum Gasteiger partial charge on any atom is 0.119 e. The third kappa shape index (κ3) is 8.37. The van der Waals surface area contributed by atoms with Gasteiger partial charge in [-0.1, -0.05) is 35.9 Å². The SMILES string of the molecule is CCOc1ccc(Cc2cc(C3CC(O)CC(CO)O3)ccc2Cl)cc1.OCCOF. The maximum absolute atomic E-state index is 10.3. The highest BCUT2D eigenvalue weighted by Crippen LogP contribution is 2.33. The number of hydrogen-bond donors (Lipinski definition) is 3. The van der Waals surface area contributed by atoms with Crippen molar-refractivity contribution in [2.24, 2.45) is 0 Å². The minimum atomic E-state index is -0.462. The molecule has 3 rings (SSSR count). The summed E-state index contributed by atoms with van der Waals surface area (Å²) in [5.74, 6) is 0.857. The Morgan fingerprint density at radius 3 is 2.45 bits per heavy atom. The van der Waals surface area contributed by atoms with Gasteiger partial charge in [0.15, 0.2) is 0 Å². The van der Waals surface area contributed by atoms with Crippen molar-refractivity contribution in [1.82, 2.24) is 0 Å². The first-order chi connectivity index (χ1) is 15.0. The van der Waals surface area contributed by atoms with Gasteiger partial charge in [0.1, 0.15) is 12.4 Å². The molecule has 1 aliphatic heterocycles. The van der Waals surface area contributed by atoms with E-state index in [4.69, 9.17) is 26.2 Å². The predicted octanol–water partition coefficient (Wildman–Crippen LogP) is 3.78. The molecule has 0 spiro atoms. The molecule has 2 aromatic carbocycles. The van der Waals surface area contributed by atoms with Gasteiger partial charge < -0.3 is 24.8 Å². The van der Waals surface area contributed by atoms with Gasteiger partial charge in [-0.2, -0.15) is 4.94 Å². The second-order valence-corrected chi connectivity index (χ2v) is 7.60. The molecule has 0 amide bonds. The standard InChI is InChI=1S/C21H25ClO4.C2H5FO2/c1-2-25-18-6-3-14(4-7-18)9-16-10-15(5-8-20(16)22)21-12-17(24)11-19(13-23)26-21;3-5-2-1-4/h3-8,10,17,19,21,23-24H,2,9,11-13H2,1H3;4H,1-2H2. The Kier molecular flexibility index (Phi) is 11.2. The lowest BCUT2D eigenvalue weighted by atomic mass is 9.94. The third-order valence-electron chi connectivity index (χ3n) is 4.82. The monoisotopic (exact) mass is 456 g/mol. The number of hydrogen-bond acceptors (Lipinski definition) is 6. The van der Waals surface area contributed by atoms with E-state index >= 15 is 0 Å². The van der Waals surface area contributed by atoms with Gasteiger partial charge in [-0.05, 0) is 52.8 Å². The highest BCUT2D eigenvalue weighted by molar-refractivity contribution is 6.31. The fourth-order valence-electron chi connectivity index (χ4n) is 3.38. The summed E-state index contributed by atoms with van der Waals surface area (Å²) in [6, 6.07) is 13.8. The Labute approximate surface area is 187 Å². The molecule has 1 heterocycles. The maximum atomic E-state index is 10.3. The minimum Gasteiger partial charge on any atom is -0.494 e.